The standard InChI is InChI=1S/C13H14N4O/c1-3-5-16-8-11-10(13(16)18)6-9-7-14-17(4-2)12(9)15-11/h4,6-8,14H,2-3,5H2,1H3. The Morgan fingerprint density at radius 1 is 1.56 bits per heavy atom. The fourth-order valence-electron chi connectivity index (χ4n) is 2.21. The number of fused-ring (bicyclic) bond motifs is 2. The van der Waals surface area contributed by atoms with Crippen LogP contribution >= 0.6 is 0 Å². The van der Waals surface area contributed by atoms with Crippen molar-refractivity contribution in [3.05, 3.63) is 35.4 Å². The summed E-state index contributed by atoms with van der Waals surface area (Å²) in [6, 6.07) is 1.88. The molecule has 0 saturated carbocycles. The molecular weight excluding hydrogens is 228 g/mol. The van der Waals surface area contributed by atoms with Gasteiger partial charge in [0.05, 0.1) is 10.9 Å². The first-order valence-electron chi connectivity index (χ1n) is 5.96. The number of hydrogen-bond donors (Lipinski definition) is 1. The van der Waals surface area contributed by atoms with Gasteiger partial charge >= 0.3 is 0 Å². The molecule has 18 heavy (non-hydrogen) atoms. The third-order valence-corrected chi connectivity index (χ3v) is 3.06. The van der Waals surface area contributed by atoms with E-state index in [0.29, 0.717) is 5.39 Å². The van der Waals surface area contributed by atoms with E-state index in [1.165, 1.54) is 0 Å². The van der Waals surface area contributed by atoms with E-state index in [9.17, 15) is 4.79 Å². The molecule has 0 bridgehead atoms. The number of H-pyrrole nitrogens is 1. The molecule has 3 aromatic heterocycles. The van der Waals surface area contributed by atoms with E-state index < -0.39 is 0 Å². The van der Waals surface area contributed by atoms with Crippen molar-refractivity contribution in [3.63, 3.8) is 0 Å². The Hall–Kier alpha value is -2.30. The second-order valence-electron chi connectivity index (χ2n) is 4.29. The van der Waals surface area contributed by atoms with Crippen LogP contribution in [-0.4, -0.2) is 19.3 Å². The Bertz CT molecular complexity index is 790. The molecule has 0 radical (unpaired) electrons. The summed E-state index contributed by atoms with van der Waals surface area (Å²) in [4.78, 5) is 16.6. The zero-order valence-corrected chi connectivity index (χ0v) is 10.2. The van der Waals surface area contributed by atoms with Crippen LogP contribution in [-0.2, 0) is 6.54 Å². The molecule has 3 heterocycles. The maximum Gasteiger partial charge on any atom is 0.260 e. The summed E-state index contributed by atoms with van der Waals surface area (Å²) in [7, 11) is 0. The normalized spacial score (nSPS) is 11.4. The molecule has 0 aliphatic rings. The summed E-state index contributed by atoms with van der Waals surface area (Å²) < 4.78 is 3.45. The predicted octanol–water partition coefficient (Wildman–Crippen LogP) is 2.19. The van der Waals surface area contributed by atoms with Gasteiger partial charge in [0.15, 0.2) is 5.65 Å². The molecule has 0 saturated heterocycles. The van der Waals surface area contributed by atoms with E-state index in [1.807, 2.05) is 18.5 Å². The van der Waals surface area contributed by atoms with E-state index >= 15 is 0 Å². The van der Waals surface area contributed by atoms with Crippen molar-refractivity contribution in [1.29, 1.82) is 0 Å². The second kappa shape index (κ2) is 3.87. The van der Waals surface area contributed by atoms with Crippen LogP contribution in [0.5, 0.6) is 0 Å². The molecule has 3 rings (SSSR count). The summed E-state index contributed by atoms with van der Waals surface area (Å²) in [5.41, 5.74) is 1.55. The summed E-state index contributed by atoms with van der Waals surface area (Å²) in [6.45, 7) is 6.49. The lowest BCUT2D eigenvalue weighted by Gasteiger charge is -1.94. The van der Waals surface area contributed by atoms with E-state index in [2.05, 4.69) is 23.6 Å². The molecule has 0 aromatic carbocycles. The van der Waals surface area contributed by atoms with Crippen LogP contribution in [0.25, 0.3) is 28.1 Å². The van der Waals surface area contributed by atoms with Crippen molar-refractivity contribution in [1.82, 2.24) is 19.3 Å². The molecule has 0 unspecified atom stereocenters. The third kappa shape index (κ3) is 1.40. The molecule has 92 valence electrons. The zero-order valence-electron chi connectivity index (χ0n) is 10.2. The van der Waals surface area contributed by atoms with Crippen LogP contribution < -0.4 is 5.56 Å². The van der Waals surface area contributed by atoms with Gasteiger partial charge in [-0.25, -0.2) is 9.67 Å². The van der Waals surface area contributed by atoms with Gasteiger partial charge in [-0.1, -0.05) is 13.5 Å². The van der Waals surface area contributed by atoms with Gasteiger partial charge in [-0.3, -0.25) is 9.89 Å². The molecular formula is C13H14N4O. The second-order valence-corrected chi connectivity index (χ2v) is 4.29. The number of aromatic nitrogens is 4. The van der Waals surface area contributed by atoms with Crippen molar-refractivity contribution >= 4 is 28.1 Å². The average molecular weight is 242 g/mol. The molecule has 0 atom stereocenters. The van der Waals surface area contributed by atoms with Gasteiger partial charge in [0.25, 0.3) is 5.56 Å². The molecule has 0 aliphatic carbocycles. The monoisotopic (exact) mass is 242 g/mol. The van der Waals surface area contributed by atoms with E-state index in [-0.39, 0.29) is 5.56 Å². The molecule has 5 nitrogen and oxygen atoms in total. The fourth-order valence-corrected chi connectivity index (χ4v) is 2.21. The van der Waals surface area contributed by atoms with Gasteiger partial charge in [0.2, 0.25) is 0 Å². The largest absolute Gasteiger partial charge is 0.313 e. The molecule has 0 spiro atoms. The summed E-state index contributed by atoms with van der Waals surface area (Å²) in [5, 5.41) is 4.60. The predicted molar refractivity (Wildman–Crippen MR) is 72.5 cm³/mol. The Morgan fingerprint density at radius 3 is 3.11 bits per heavy atom. The summed E-state index contributed by atoms with van der Waals surface area (Å²) in [6.07, 6.45) is 6.23. The highest BCUT2D eigenvalue weighted by Crippen LogP contribution is 2.17. The first-order valence-corrected chi connectivity index (χ1v) is 5.96. The molecule has 5 heteroatoms. The number of aryl methyl sites for hydroxylation is 1. The number of aromatic amines is 1. The van der Waals surface area contributed by atoms with Crippen LogP contribution in [0.15, 0.2) is 29.8 Å². The minimum absolute atomic E-state index is 0.0348. The molecule has 3 aromatic rings. The quantitative estimate of drug-likeness (QED) is 0.765. The Kier molecular flexibility index (Phi) is 2.33. The highest BCUT2D eigenvalue weighted by molar-refractivity contribution is 5.91. The van der Waals surface area contributed by atoms with E-state index in [1.54, 1.807) is 15.4 Å². The first-order chi connectivity index (χ1) is 8.74. The lowest BCUT2D eigenvalue weighted by atomic mass is 10.3. The van der Waals surface area contributed by atoms with Crippen molar-refractivity contribution in [3.8, 4) is 0 Å². The van der Waals surface area contributed by atoms with Crippen molar-refractivity contribution in [2.24, 2.45) is 0 Å². The lowest BCUT2D eigenvalue weighted by Crippen LogP contribution is -2.13. The van der Waals surface area contributed by atoms with E-state index in [4.69, 9.17) is 0 Å². The number of nitrogens with one attached hydrogen (secondary N) is 1. The zero-order chi connectivity index (χ0) is 12.7. The topological polar surface area (TPSA) is 55.6 Å². The van der Waals surface area contributed by atoms with E-state index in [0.717, 1.165) is 29.5 Å². The van der Waals surface area contributed by atoms with Crippen LogP contribution in [0.3, 0.4) is 0 Å². The molecule has 0 amide bonds. The number of pyridine rings is 1. The van der Waals surface area contributed by atoms with Gasteiger partial charge < -0.3 is 4.57 Å². The van der Waals surface area contributed by atoms with Gasteiger partial charge in [-0.2, -0.15) is 0 Å². The highest BCUT2D eigenvalue weighted by Gasteiger charge is 2.10. The maximum atomic E-state index is 12.1. The number of nitrogens with zero attached hydrogens (tertiary/aromatic N) is 3. The van der Waals surface area contributed by atoms with Gasteiger partial charge in [0.1, 0.15) is 0 Å². The van der Waals surface area contributed by atoms with Crippen LogP contribution in [0.2, 0.25) is 0 Å². The smallest absolute Gasteiger partial charge is 0.260 e. The van der Waals surface area contributed by atoms with Crippen molar-refractivity contribution in [2.75, 3.05) is 0 Å². The average Bonchev–Trinajstić information content (AvgIpc) is 2.90. The number of hydrogen-bond acceptors (Lipinski definition) is 2. The van der Waals surface area contributed by atoms with Crippen LogP contribution in [0, 0.1) is 0 Å². The van der Waals surface area contributed by atoms with Gasteiger partial charge in [0, 0.05) is 30.5 Å². The first kappa shape index (κ1) is 10.8. The maximum absolute atomic E-state index is 12.1. The summed E-state index contributed by atoms with van der Waals surface area (Å²) >= 11 is 0. The Labute approximate surface area is 103 Å². The molecule has 0 fully saturated rings. The number of rotatable bonds is 3. The highest BCUT2D eigenvalue weighted by atomic mass is 16.1. The Morgan fingerprint density at radius 2 is 2.39 bits per heavy atom. The Balaban J connectivity index is 2.35. The van der Waals surface area contributed by atoms with Crippen molar-refractivity contribution < 1.29 is 0 Å². The van der Waals surface area contributed by atoms with Crippen LogP contribution in [0.1, 0.15) is 13.3 Å². The SMILES string of the molecule is C=Cn1[nH]cc2cc3c(=O)n(CCC)cc3nc21. The molecule has 1 N–H and O–H groups in total. The van der Waals surface area contributed by atoms with Crippen molar-refractivity contribution in [2.45, 2.75) is 19.9 Å². The minimum Gasteiger partial charge on any atom is -0.313 e. The summed E-state index contributed by atoms with van der Waals surface area (Å²) in [5.74, 6) is 0. The third-order valence-electron chi connectivity index (χ3n) is 3.06. The lowest BCUT2D eigenvalue weighted by molar-refractivity contribution is 0.667. The minimum atomic E-state index is 0.0348. The van der Waals surface area contributed by atoms with Gasteiger partial charge in [-0.05, 0) is 12.5 Å². The fraction of sp³-hybridized carbons (Fsp3) is 0.231. The van der Waals surface area contributed by atoms with Crippen LogP contribution in [0.4, 0.5) is 0 Å². The molecule has 0 aliphatic heterocycles. The van der Waals surface area contributed by atoms with Gasteiger partial charge in [-0.15, -0.1) is 0 Å².